The number of rotatable bonds is 7. The molecule has 2 heterocycles. The molecule has 7 heteroatoms. The van der Waals surface area contributed by atoms with Gasteiger partial charge in [0.05, 0.1) is 29.8 Å². The summed E-state index contributed by atoms with van der Waals surface area (Å²) in [7, 11) is 1.64. The third-order valence-electron chi connectivity index (χ3n) is 4.60. The summed E-state index contributed by atoms with van der Waals surface area (Å²) < 4.78 is 6.51. The zero-order valence-corrected chi connectivity index (χ0v) is 18.4. The maximum absolute atomic E-state index is 13.3. The topological polar surface area (TPSA) is 55.3 Å². The van der Waals surface area contributed by atoms with E-state index in [0.29, 0.717) is 23.2 Å². The van der Waals surface area contributed by atoms with Crippen molar-refractivity contribution in [1.29, 1.82) is 0 Å². The van der Waals surface area contributed by atoms with Crippen molar-refractivity contribution >= 4 is 44.4 Å². The Bertz CT molecular complexity index is 1150. The Morgan fingerprint density at radius 2 is 1.90 bits per heavy atom. The van der Waals surface area contributed by atoms with Crippen LogP contribution < -0.4 is 9.64 Å². The number of amides is 1. The average Bonchev–Trinajstić information content (AvgIpc) is 3.24. The van der Waals surface area contributed by atoms with Crippen LogP contribution in [0.15, 0.2) is 71.8 Å². The number of ether oxygens (including phenoxy) is 1. The monoisotopic (exact) mass is 435 g/mol. The average molecular weight is 436 g/mol. The molecule has 0 fully saturated rings. The number of pyridine rings is 1. The fourth-order valence-corrected chi connectivity index (χ4v) is 4.90. The van der Waals surface area contributed by atoms with Gasteiger partial charge in [0, 0.05) is 11.1 Å². The van der Waals surface area contributed by atoms with Gasteiger partial charge in [-0.2, -0.15) is 0 Å². The molecule has 0 saturated heterocycles. The molecule has 5 nitrogen and oxygen atoms in total. The van der Waals surface area contributed by atoms with E-state index in [1.54, 1.807) is 18.2 Å². The molecule has 4 rings (SSSR count). The molecule has 2 aromatic carbocycles. The number of thioether (sulfide) groups is 1. The Balaban J connectivity index is 1.67. The highest BCUT2D eigenvalue weighted by molar-refractivity contribution is 8.00. The van der Waals surface area contributed by atoms with Crippen molar-refractivity contribution < 1.29 is 9.53 Å². The van der Waals surface area contributed by atoms with Gasteiger partial charge >= 0.3 is 0 Å². The third-order valence-corrected chi connectivity index (χ3v) is 6.81. The van der Waals surface area contributed by atoms with E-state index < -0.39 is 0 Å². The number of aryl methyl sites for hydroxylation is 1. The molecular weight excluding hydrogens is 414 g/mol. The van der Waals surface area contributed by atoms with Crippen molar-refractivity contribution in [3.05, 3.63) is 78.1 Å². The number of hydrogen-bond donors (Lipinski definition) is 0. The first-order valence-corrected chi connectivity index (χ1v) is 11.3. The van der Waals surface area contributed by atoms with Crippen LogP contribution in [-0.4, -0.2) is 28.7 Å². The smallest absolute Gasteiger partial charge is 0.239 e. The number of carbonyl (C=O) groups excluding carboxylic acids is 1. The van der Waals surface area contributed by atoms with Gasteiger partial charge in [-0.3, -0.25) is 14.7 Å². The number of fused-ring (bicyclic) bond motifs is 1. The van der Waals surface area contributed by atoms with Crippen LogP contribution in [-0.2, 0) is 11.3 Å². The molecule has 0 spiro atoms. The van der Waals surface area contributed by atoms with E-state index in [1.165, 1.54) is 23.1 Å². The summed E-state index contributed by atoms with van der Waals surface area (Å²) in [6.45, 7) is 2.41. The first kappa shape index (κ1) is 20.4. The summed E-state index contributed by atoms with van der Waals surface area (Å²) in [6.07, 6.45) is 1.74. The van der Waals surface area contributed by atoms with Crippen LogP contribution in [0.3, 0.4) is 0 Å². The minimum Gasteiger partial charge on any atom is -0.494 e. The zero-order valence-electron chi connectivity index (χ0n) is 16.7. The largest absolute Gasteiger partial charge is 0.494 e. The van der Waals surface area contributed by atoms with E-state index in [2.05, 4.69) is 4.98 Å². The highest BCUT2D eigenvalue weighted by Crippen LogP contribution is 2.37. The van der Waals surface area contributed by atoms with Crippen LogP contribution in [0, 0.1) is 6.92 Å². The lowest BCUT2D eigenvalue weighted by Crippen LogP contribution is -2.32. The molecule has 4 aromatic rings. The molecule has 0 aliphatic rings. The molecular formula is C23H21N3O2S2. The summed E-state index contributed by atoms with van der Waals surface area (Å²) in [4.78, 5) is 25.2. The number of thiazole rings is 1. The number of carbonyl (C=O) groups is 1. The molecule has 0 radical (unpaired) electrons. The molecule has 30 heavy (non-hydrogen) atoms. The van der Waals surface area contributed by atoms with Gasteiger partial charge in [-0.1, -0.05) is 41.7 Å². The van der Waals surface area contributed by atoms with Gasteiger partial charge < -0.3 is 4.74 Å². The second-order valence-corrected chi connectivity index (χ2v) is 8.69. The van der Waals surface area contributed by atoms with Gasteiger partial charge in [0.1, 0.15) is 11.3 Å². The van der Waals surface area contributed by atoms with Crippen LogP contribution in [0.5, 0.6) is 5.75 Å². The number of hydrogen-bond acceptors (Lipinski definition) is 6. The molecule has 152 valence electrons. The lowest BCUT2D eigenvalue weighted by atomic mass is 10.2. The summed E-state index contributed by atoms with van der Waals surface area (Å²) >= 11 is 3.03. The summed E-state index contributed by atoms with van der Waals surface area (Å²) in [5, 5.41) is 0.655. The van der Waals surface area contributed by atoms with Crippen LogP contribution in [0.2, 0.25) is 0 Å². The van der Waals surface area contributed by atoms with Crippen molar-refractivity contribution in [2.24, 2.45) is 0 Å². The van der Waals surface area contributed by atoms with E-state index in [0.717, 1.165) is 26.4 Å². The van der Waals surface area contributed by atoms with Crippen molar-refractivity contribution in [1.82, 2.24) is 9.97 Å². The SMILES string of the molecule is COc1ccc(C)c2sc(N(Cc3ccccn3)C(=O)CSc3ccccc3)nc12. The number of anilines is 1. The van der Waals surface area contributed by atoms with E-state index in [4.69, 9.17) is 9.72 Å². The Kier molecular flexibility index (Phi) is 6.30. The molecule has 1 amide bonds. The molecule has 0 atom stereocenters. The number of aromatic nitrogens is 2. The number of nitrogens with zero attached hydrogens (tertiary/aromatic N) is 3. The molecule has 2 aromatic heterocycles. The highest BCUT2D eigenvalue weighted by atomic mass is 32.2. The third kappa shape index (κ3) is 4.47. The van der Waals surface area contributed by atoms with Gasteiger partial charge in [-0.15, -0.1) is 11.8 Å². The molecule has 0 aliphatic heterocycles. The predicted octanol–water partition coefficient (Wildman–Crippen LogP) is 5.33. The van der Waals surface area contributed by atoms with Gasteiger partial charge in [-0.05, 0) is 42.8 Å². The van der Waals surface area contributed by atoms with Crippen LogP contribution >= 0.6 is 23.1 Å². The minimum atomic E-state index is -0.00909. The maximum Gasteiger partial charge on any atom is 0.239 e. The van der Waals surface area contributed by atoms with Crippen molar-refractivity contribution in [2.45, 2.75) is 18.4 Å². The Morgan fingerprint density at radius 3 is 2.63 bits per heavy atom. The Morgan fingerprint density at radius 1 is 1.10 bits per heavy atom. The van der Waals surface area contributed by atoms with Crippen LogP contribution in [0.1, 0.15) is 11.3 Å². The predicted molar refractivity (Wildman–Crippen MR) is 124 cm³/mol. The summed E-state index contributed by atoms with van der Waals surface area (Å²) in [6, 6.07) is 19.6. The normalized spacial score (nSPS) is 10.9. The molecule has 0 aliphatic carbocycles. The second-order valence-electron chi connectivity index (χ2n) is 6.66. The van der Waals surface area contributed by atoms with E-state index >= 15 is 0 Å². The first-order valence-electron chi connectivity index (χ1n) is 9.48. The maximum atomic E-state index is 13.3. The van der Waals surface area contributed by atoms with E-state index in [-0.39, 0.29) is 5.91 Å². The van der Waals surface area contributed by atoms with Crippen molar-refractivity contribution in [3.63, 3.8) is 0 Å². The quantitative estimate of drug-likeness (QED) is 0.367. The highest BCUT2D eigenvalue weighted by Gasteiger charge is 2.22. The lowest BCUT2D eigenvalue weighted by molar-refractivity contribution is -0.116. The van der Waals surface area contributed by atoms with E-state index in [9.17, 15) is 4.79 Å². The van der Waals surface area contributed by atoms with Crippen molar-refractivity contribution in [3.8, 4) is 5.75 Å². The van der Waals surface area contributed by atoms with Gasteiger partial charge in [0.2, 0.25) is 5.91 Å². The Labute approximate surface area is 183 Å². The first-order chi connectivity index (χ1) is 14.7. The van der Waals surface area contributed by atoms with Gasteiger partial charge in [0.25, 0.3) is 0 Å². The van der Waals surface area contributed by atoms with Gasteiger partial charge in [0.15, 0.2) is 5.13 Å². The molecule has 0 bridgehead atoms. The van der Waals surface area contributed by atoms with Crippen molar-refractivity contribution in [2.75, 3.05) is 17.8 Å². The minimum absolute atomic E-state index is 0.00909. The van der Waals surface area contributed by atoms with Crippen LogP contribution in [0.25, 0.3) is 10.2 Å². The summed E-state index contributed by atoms with van der Waals surface area (Å²) in [5.41, 5.74) is 2.71. The second kappa shape index (κ2) is 9.28. The fraction of sp³-hybridized carbons (Fsp3) is 0.174. The molecule has 0 N–H and O–H groups in total. The lowest BCUT2D eigenvalue weighted by Gasteiger charge is -2.19. The molecule has 0 saturated carbocycles. The fourth-order valence-electron chi connectivity index (χ4n) is 3.03. The van der Waals surface area contributed by atoms with Gasteiger partial charge in [-0.25, -0.2) is 4.98 Å². The van der Waals surface area contributed by atoms with Crippen LogP contribution in [0.4, 0.5) is 5.13 Å². The number of benzene rings is 2. The Hall–Kier alpha value is -2.90. The summed E-state index contributed by atoms with van der Waals surface area (Å²) in [5.74, 6) is 1.02. The standard InChI is InChI=1S/C23H21N3O2S2/c1-16-11-12-19(28-2)21-22(16)30-23(25-21)26(14-17-8-6-7-13-24-17)20(27)15-29-18-9-4-3-5-10-18/h3-13H,14-15H2,1-2H3. The molecule has 0 unspecified atom stereocenters. The number of methoxy groups -OCH3 is 1. The zero-order chi connectivity index (χ0) is 20.9. The van der Waals surface area contributed by atoms with E-state index in [1.807, 2.05) is 67.6 Å².